The second kappa shape index (κ2) is 7.11. The highest BCUT2D eigenvalue weighted by Gasteiger charge is 2.43. The van der Waals surface area contributed by atoms with E-state index in [0.29, 0.717) is 6.54 Å². The van der Waals surface area contributed by atoms with Gasteiger partial charge >= 0.3 is 0 Å². The number of amides is 1. The minimum absolute atomic E-state index is 0.198. The number of benzene rings is 1. The lowest BCUT2D eigenvalue weighted by Crippen LogP contribution is -2.56. The van der Waals surface area contributed by atoms with Crippen LogP contribution in [0.2, 0.25) is 0 Å². The number of rotatable bonds is 7. The molecule has 1 aromatic carbocycles. The predicted octanol–water partition coefficient (Wildman–Crippen LogP) is 1.46. The number of carbonyl (C=O) groups is 1. The molecule has 1 amide bonds. The highest BCUT2D eigenvalue weighted by atomic mass is 16.5. The van der Waals surface area contributed by atoms with Gasteiger partial charge in [0.25, 0.3) is 0 Å². The van der Waals surface area contributed by atoms with Crippen LogP contribution in [0.5, 0.6) is 5.75 Å². The monoisotopic (exact) mass is 306 g/mol. The maximum absolute atomic E-state index is 11.8. The number of aryl methyl sites for hydroxylation is 1. The van der Waals surface area contributed by atoms with E-state index in [4.69, 9.17) is 10.5 Å². The van der Waals surface area contributed by atoms with Gasteiger partial charge in [0.15, 0.2) is 0 Å². The SMILES string of the molecule is Cc1ccccc1OCC(O)CN(C)C1(C(N)=O)CCCC1. The van der Waals surface area contributed by atoms with Gasteiger partial charge in [-0.2, -0.15) is 0 Å². The molecule has 0 radical (unpaired) electrons. The lowest BCUT2D eigenvalue weighted by atomic mass is 9.94. The fraction of sp³-hybridized carbons (Fsp3) is 0.588. The number of para-hydroxylation sites is 1. The standard InChI is InChI=1S/C17H26N2O3/c1-13-7-3-4-8-15(13)22-12-14(20)11-19(2)17(16(18)21)9-5-6-10-17/h3-4,7-8,14,20H,5-6,9-12H2,1-2H3,(H2,18,21). The maximum Gasteiger partial charge on any atom is 0.237 e. The molecule has 0 saturated heterocycles. The van der Waals surface area contributed by atoms with Crippen molar-refractivity contribution in [2.45, 2.75) is 44.2 Å². The number of primary amides is 1. The van der Waals surface area contributed by atoms with Gasteiger partial charge < -0.3 is 15.6 Å². The highest BCUT2D eigenvalue weighted by Crippen LogP contribution is 2.34. The number of nitrogens with two attached hydrogens (primary N) is 1. The van der Waals surface area contributed by atoms with Crippen LogP contribution in [0.3, 0.4) is 0 Å². The molecule has 1 aromatic rings. The van der Waals surface area contributed by atoms with E-state index < -0.39 is 11.6 Å². The molecule has 2 rings (SSSR count). The molecule has 3 N–H and O–H groups in total. The van der Waals surface area contributed by atoms with E-state index in [1.54, 1.807) is 0 Å². The summed E-state index contributed by atoms with van der Waals surface area (Å²) in [6.45, 7) is 2.54. The molecule has 1 unspecified atom stereocenters. The molecule has 1 atom stereocenters. The first kappa shape index (κ1) is 16.8. The zero-order valence-electron chi connectivity index (χ0n) is 13.4. The third-order valence-electron chi connectivity index (χ3n) is 4.63. The smallest absolute Gasteiger partial charge is 0.237 e. The summed E-state index contributed by atoms with van der Waals surface area (Å²) in [6, 6.07) is 7.70. The Kier molecular flexibility index (Phi) is 5.42. The minimum atomic E-state index is -0.665. The van der Waals surface area contributed by atoms with Gasteiger partial charge in [-0.3, -0.25) is 9.69 Å². The fourth-order valence-corrected chi connectivity index (χ4v) is 3.22. The van der Waals surface area contributed by atoms with Crippen molar-refractivity contribution >= 4 is 5.91 Å². The largest absolute Gasteiger partial charge is 0.491 e. The van der Waals surface area contributed by atoms with Crippen LogP contribution in [0, 0.1) is 6.92 Å². The second-order valence-corrected chi connectivity index (χ2v) is 6.21. The molecule has 1 fully saturated rings. The van der Waals surface area contributed by atoms with Gasteiger partial charge in [0.2, 0.25) is 5.91 Å². The summed E-state index contributed by atoms with van der Waals surface area (Å²) in [5.41, 5.74) is 6.03. The number of hydrogen-bond donors (Lipinski definition) is 2. The number of hydrogen-bond acceptors (Lipinski definition) is 4. The third kappa shape index (κ3) is 3.59. The summed E-state index contributed by atoms with van der Waals surface area (Å²) in [7, 11) is 1.85. The van der Waals surface area contributed by atoms with Crippen molar-refractivity contribution < 1.29 is 14.6 Å². The Balaban J connectivity index is 1.90. The van der Waals surface area contributed by atoms with E-state index in [1.807, 2.05) is 43.1 Å². The highest BCUT2D eigenvalue weighted by molar-refractivity contribution is 5.85. The summed E-state index contributed by atoms with van der Waals surface area (Å²) < 4.78 is 5.66. The van der Waals surface area contributed by atoms with Crippen LogP contribution in [0.4, 0.5) is 0 Å². The van der Waals surface area contributed by atoms with Crippen LogP contribution >= 0.6 is 0 Å². The first-order valence-electron chi connectivity index (χ1n) is 7.83. The average molecular weight is 306 g/mol. The first-order valence-corrected chi connectivity index (χ1v) is 7.83. The van der Waals surface area contributed by atoms with Gasteiger partial charge in [-0.25, -0.2) is 0 Å². The number of likely N-dealkylation sites (N-methyl/N-ethyl adjacent to an activating group) is 1. The molecular weight excluding hydrogens is 280 g/mol. The maximum atomic E-state index is 11.8. The van der Waals surface area contributed by atoms with Crippen molar-refractivity contribution in [1.29, 1.82) is 0 Å². The number of aliphatic hydroxyl groups is 1. The van der Waals surface area contributed by atoms with E-state index in [1.165, 1.54) is 0 Å². The summed E-state index contributed by atoms with van der Waals surface area (Å²) in [5.74, 6) is 0.481. The van der Waals surface area contributed by atoms with Crippen LogP contribution in [0.1, 0.15) is 31.2 Å². The average Bonchev–Trinajstić information content (AvgIpc) is 2.97. The molecule has 0 aliphatic heterocycles. The van der Waals surface area contributed by atoms with Crippen LogP contribution in [-0.2, 0) is 4.79 Å². The Bertz CT molecular complexity index is 512. The summed E-state index contributed by atoms with van der Waals surface area (Å²) in [6.07, 6.45) is 2.88. The zero-order valence-corrected chi connectivity index (χ0v) is 13.4. The van der Waals surface area contributed by atoms with E-state index >= 15 is 0 Å². The summed E-state index contributed by atoms with van der Waals surface area (Å²) in [5, 5.41) is 10.2. The Morgan fingerprint density at radius 3 is 2.64 bits per heavy atom. The molecule has 1 aliphatic rings. The topological polar surface area (TPSA) is 75.8 Å². The normalized spacial score (nSPS) is 18.4. The fourth-order valence-electron chi connectivity index (χ4n) is 3.22. The van der Waals surface area contributed by atoms with Gasteiger partial charge in [0.05, 0.1) is 5.54 Å². The predicted molar refractivity (Wildman–Crippen MR) is 85.7 cm³/mol. The lowest BCUT2D eigenvalue weighted by molar-refractivity contribution is -0.130. The van der Waals surface area contributed by atoms with E-state index in [-0.39, 0.29) is 12.5 Å². The van der Waals surface area contributed by atoms with Crippen LogP contribution in [0.15, 0.2) is 24.3 Å². The number of nitrogens with zero attached hydrogens (tertiary/aromatic N) is 1. The molecule has 0 aromatic heterocycles. The Hall–Kier alpha value is -1.59. The molecule has 1 aliphatic carbocycles. The van der Waals surface area contributed by atoms with Crippen molar-refractivity contribution in [3.8, 4) is 5.75 Å². The second-order valence-electron chi connectivity index (χ2n) is 6.21. The van der Waals surface area contributed by atoms with Crippen LogP contribution in [-0.4, -0.2) is 47.8 Å². The van der Waals surface area contributed by atoms with Gasteiger partial charge in [0.1, 0.15) is 18.5 Å². The molecule has 5 nitrogen and oxygen atoms in total. The van der Waals surface area contributed by atoms with Crippen molar-refractivity contribution in [3.05, 3.63) is 29.8 Å². The molecule has 5 heteroatoms. The third-order valence-corrected chi connectivity index (χ3v) is 4.63. The Morgan fingerprint density at radius 1 is 1.41 bits per heavy atom. The molecular formula is C17H26N2O3. The Labute approximate surface area is 132 Å². The van der Waals surface area contributed by atoms with E-state index in [0.717, 1.165) is 37.0 Å². The van der Waals surface area contributed by atoms with Crippen molar-refractivity contribution in [2.24, 2.45) is 5.73 Å². The molecule has 0 bridgehead atoms. The van der Waals surface area contributed by atoms with Gasteiger partial charge in [-0.05, 0) is 38.4 Å². The molecule has 22 heavy (non-hydrogen) atoms. The lowest BCUT2D eigenvalue weighted by Gasteiger charge is -2.37. The van der Waals surface area contributed by atoms with Gasteiger partial charge in [-0.1, -0.05) is 31.0 Å². The van der Waals surface area contributed by atoms with Crippen molar-refractivity contribution in [3.63, 3.8) is 0 Å². The molecule has 0 heterocycles. The first-order chi connectivity index (χ1) is 10.5. The molecule has 122 valence electrons. The van der Waals surface area contributed by atoms with Gasteiger partial charge in [0, 0.05) is 6.54 Å². The van der Waals surface area contributed by atoms with Crippen molar-refractivity contribution in [2.75, 3.05) is 20.2 Å². The van der Waals surface area contributed by atoms with Crippen molar-refractivity contribution in [1.82, 2.24) is 4.90 Å². The van der Waals surface area contributed by atoms with E-state index in [2.05, 4.69) is 0 Å². The van der Waals surface area contributed by atoms with E-state index in [9.17, 15) is 9.90 Å². The quantitative estimate of drug-likeness (QED) is 0.800. The number of β-amino-alcohol motifs (C(OH)–C–C–N with tert-alkyl or cyclic N) is 1. The van der Waals surface area contributed by atoms with Crippen LogP contribution in [0.25, 0.3) is 0 Å². The minimum Gasteiger partial charge on any atom is -0.491 e. The zero-order chi connectivity index (χ0) is 16.2. The number of aliphatic hydroxyl groups excluding tert-OH is 1. The Morgan fingerprint density at radius 2 is 2.05 bits per heavy atom. The molecule has 1 saturated carbocycles. The molecule has 0 spiro atoms. The van der Waals surface area contributed by atoms with Crippen LogP contribution < -0.4 is 10.5 Å². The van der Waals surface area contributed by atoms with Gasteiger partial charge in [-0.15, -0.1) is 0 Å². The summed E-state index contributed by atoms with van der Waals surface area (Å²) in [4.78, 5) is 13.7. The number of ether oxygens (including phenoxy) is 1. The summed E-state index contributed by atoms with van der Waals surface area (Å²) >= 11 is 0. The number of carbonyl (C=O) groups excluding carboxylic acids is 1.